The molecule has 7 heteroatoms. The van der Waals surface area contributed by atoms with Crippen molar-refractivity contribution in [3.05, 3.63) is 11.2 Å². The van der Waals surface area contributed by atoms with Crippen molar-refractivity contribution in [2.45, 2.75) is 6.92 Å². The Morgan fingerprint density at radius 1 is 1.60 bits per heavy atom. The minimum atomic E-state index is -0.637. The molecule has 0 aliphatic carbocycles. The molecule has 0 radical (unpaired) electrons. The molecule has 0 saturated carbocycles. The van der Waals surface area contributed by atoms with E-state index in [0.29, 0.717) is 0 Å². The zero-order valence-electron chi connectivity index (χ0n) is 8.28. The van der Waals surface area contributed by atoms with Crippen LogP contribution in [0.25, 0.3) is 0 Å². The van der Waals surface area contributed by atoms with Crippen LogP contribution in [0.4, 0.5) is 10.7 Å². The number of halogens is 1. The number of nitrogens with one attached hydrogen (secondary N) is 1. The highest BCUT2D eigenvalue weighted by molar-refractivity contribution is 6.29. The Kier molecular flexibility index (Phi) is 4.11. The fourth-order valence-electron chi connectivity index (χ4n) is 0.816. The van der Waals surface area contributed by atoms with Gasteiger partial charge in [0.2, 0.25) is 11.8 Å². The lowest BCUT2D eigenvalue weighted by Gasteiger charge is -2.05. The van der Waals surface area contributed by atoms with E-state index in [9.17, 15) is 4.79 Å². The molecule has 0 fully saturated rings. The predicted octanol–water partition coefficient (Wildman–Crippen LogP) is 1.71. The molecule has 15 heavy (non-hydrogen) atoms. The minimum absolute atomic E-state index is 0.0396. The van der Waals surface area contributed by atoms with Gasteiger partial charge in [-0.25, -0.2) is 9.78 Å². The molecule has 1 heterocycles. The lowest BCUT2D eigenvalue weighted by Crippen LogP contribution is -2.15. The number of amides is 1. The second-order valence-electron chi connectivity index (χ2n) is 2.40. The topological polar surface area (TPSA) is 73.3 Å². The Morgan fingerprint density at radius 3 is 2.93 bits per heavy atom. The van der Waals surface area contributed by atoms with Crippen LogP contribution in [0, 0.1) is 0 Å². The summed E-state index contributed by atoms with van der Waals surface area (Å²) in [7, 11) is 1.44. The molecule has 0 spiro atoms. The molecule has 1 N–H and O–H groups in total. The van der Waals surface area contributed by atoms with Crippen LogP contribution in [0.2, 0.25) is 5.15 Å². The quantitative estimate of drug-likeness (QED) is 0.802. The molecule has 0 aliphatic rings. The summed E-state index contributed by atoms with van der Waals surface area (Å²) in [4.78, 5) is 18.6. The number of hydrogen-bond acceptors (Lipinski definition) is 5. The number of rotatable bonds is 3. The lowest BCUT2D eigenvalue weighted by atomic mass is 10.6. The number of anilines is 1. The largest absolute Gasteiger partial charge is 0.481 e. The number of carbonyl (C=O) groups excluding carboxylic acids is 1. The molecule has 1 aromatic rings. The molecule has 0 aliphatic heterocycles. The minimum Gasteiger partial charge on any atom is -0.481 e. The van der Waals surface area contributed by atoms with E-state index in [1.165, 1.54) is 13.2 Å². The zero-order chi connectivity index (χ0) is 11.3. The smallest absolute Gasteiger partial charge is 0.414 e. The van der Waals surface area contributed by atoms with E-state index in [4.69, 9.17) is 16.3 Å². The zero-order valence-corrected chi connectivity index (χ0v) is 9.04. The Bertz CT molecular complexity index is 359. The number of methoxy groups -OCH3 is 1. The highest BCUT2D eigenvalue weighted by Crippen LogP contribution is 2.15. The fourth-order valence-corrected chi connectivity index (χ4v) is 0.989. The van der Waals surface area contributed by atoms with Gasteiger partial charge in [-0.05, 0) is 6.92 Å². The average molecular weight is 232 g/mol. The maximum absolute atomic E-state index is 11.0. The summed E-state index contributed by atoms with van der Waals surface area (Å²) in [6, 6.07) is 1.43. The molecule has 1 amide bonds. The van der Waals surface area contributed by atoms with Gasteiger partial charge in [-0.15, -0.1) is 0 Å². The highest BCUT2D eigenvalue weighted by Gasteiger charge is 2.07. The van der Waals surface area contributed by atoms with Gasteiger partial charge in [-0.1, -0.05) is 11.6 Å². The van der Waals surface area contributed by atoms with Gasteiger partial charge in [0, 0.05) is 6.07 Å². The van der Waals surface area contributed by atoms with Crippen LogP contribution in [0.15, 0.2) is 6.07 Å². The summed E-state index contributed by atoms with van der Waals surface area (Å²) in [6.07, 6.45) is -0.637. The second-order valence-corrected chi connectivity index (χ2v) is 2.79. The first-order valence-corrected chi connectivity index (χ1v) is 4.56. The van der Waals surface area contributed by atoms with Gasteiger partial charge >= 0.3 is 6.09 Å². The Hall–Kier alpha value is -1.56. The standard InChI is InChI=1S/C8H10ClN3O3/c1-3-15-8(13)12-7-10-5(9)4-6(11-7)14-2/h4H,3H2,1-2H3,(H,10,11,12,13). The van der Waals surface area contributed by atoms with Crippen LogP contribution >= 0.6 is 11.6 Å². The monoisotopic (exact) mass is 231 g/mol. The molecule has 0 saturated heterocycles. The van der Waals surface area contributed by atoms with Crippen molar-refractivity contribution >= 4 is 23.6 Å². The third-order valence-corrected chi connectivity index (χ3v) is 1.56. The SMILES string of the molecule is CCOC(=O)Nc1nc(Cl)cc(OC)n1. The number of hydrogen-bond donors (Lipinski definition) is 1. The molecule has 0 aromatic carbocycles. The van der Waals surface area contributed by atoms with Crippen LogP contribution < -0.4 is 10.1 Å². The normalized spacial score (nSPS) is 9.53. The highest BCUT2D eigenvalue weighted by atomic mass is 35.5. The Balaban J connectivity index is 2.76. The maximum Gasteiger partial charge on any atom is 0.414 e. The maximum atomic E-state index is 11.0. The van der Waals surface area contributed by atoms with E-state index >= 15 is 0 Å². The summed E-state index contributed by atoms with van der Waals surface area (Å²) in [6.45, 7) is 1.96. The van der Waals surface area contributed by atoms with Crippen molar-refractivity contribution in [3.63, 3.8) is 0 Å². The van der Waals surface area contributed by atoms with Crippen LogP contribution in [-0.2, 0) is 4.74 Å². The van der Waals surface area contributed by atoms with E-state index in [2.05, 4.69) is 20.0 Å². The van der Waals surface area contributed by atoms with Gasteiger partial charge in [0.1, 0.15) is 5.15 Å². The van der Waals surface area contributed by atoms with Gasteiger partial charge in [-0.2, -0.15) is 4.98 Å². The van der Waals surface area contributed by atoms with E-state index in [1.54, 1.807) is 6.92 Å². The second kappa shape index (κ2) is 5.35. The van der Waals surface area contributed by atoms with Crippen molar-refractivity contribution < 1.29 is 14.3 Å². The average Bonchev–Trinajstić information content (AvgIpc) is 2.17. The van der Waals surface area contributed by atoms with Crippen LogP contribution in [0.5, 0.6) is 5.88 Å². The molecule has 1 rings (SSSR count). The van der Waals surface area contributed by atoms with Crippen molar-refractivity contribution in [2.75, 3.05) is 19.0 Å². The van der Waals surface area contributed by atoms with E-state index in [-0.39, 0.29) is 23.6 Å². The van der Waals surface area contributed by atoms with Gasteiger partial charge < -0.3 is 9.47 Å². The lowest BCUT2D eigenvalue weighted by molar-refractivity contribution is 0.167. The van der Waals surface area contributed by atoms with Gasteiger partial charge in [0.05, 0.1) is 13.7 Å². The number of aromatic nitrogens is 2. The first-order valence-electron chi connectivity index (χ1n) is 4.18. The van der Waals surface area contributed by atoms with Gasteiger partial charge in [0.15, 0.2) is 0 Å². The van der Waals surface area contributed by atoms with Crippen LogP contribution in [-0.4, -0.2) is 29.8 Å². The Morgan fingerprint density at radius 2 is 2.33 bits per heavy atom. The molecule has 0 atom stereocenters. The molecule has 82 valence electrons. The molecular weight excluding hydrogens is 222 g/mol. The summed E-state index contributed by atoms with van der Waals surface area (Å²) in [5.74, 6) is 0.305. The van der Waals surface area contributed by atoms with E-state index in [0.717, 1.165) is 0 Å². The number of ether oxygens (including phenoxy) is 2. The number of nitrogens with zero attached hydrogens (tertiary/aromatic N) is 2. The first kappa shape index (κ1) is 11.5. The van der Waals surface area contributed by atoms with Gasteiger partial charge in [-0.3, -0.25) is 5.32 Å². The fraction of sp³-hybridized carbons (Fsp3) is 0.375. The molecule has 6 nitrogen and oxygen atoms in total. The van der Waals surface area contributed by atoms with Gasteiger partial charge in [0.25, 0.3) is 0 Å². The van der Waals surface area contributed by atoms with E-state index < -0.39 is 6.09 Å². The summed E-state index contributed by atoms with van der Waals surface area (Å²) in [5.41, 5.74) is 0. The Labute approximate surface area is 91.6 Å². The van der Waals surface area contributed by atoms with Crippen molar-refractivity contribution in [2.24, 2.45) is 0 Å². The van der Waals surface area contributed by atoms with Crippen molar-refractivity contribution in [1.82, 2.24) is 9.97 Å². The van der Waals surface area contributed by atoms with Crippen LogP contribution in [0.3, 0.4) is 0 Å². The van der Waals surface area contributed by atoms with Crippen molar-refractivity contribution in [3.8, 4) is 5.88 Å². The summed E-state index contributed by atoms with van der Waals surface area (Å²) < 4.78 is 9.49. The molecule has 1 aromatic heterocycles. The molecule has 0 unspecified atom stereocenters. The molecule has 0 bridgehead atoms. The van der Waals surface area contributed by atoms with Crippen molar-refractivity contribution in [1.29, 1.82) is 0 Å². The predicted molar refractivity (Wildman–Crippen MR) is 54.2 cm³/mol. The summed E-state index contributed by atoms with van der Waals surface area (Å²) in [5, 5.41) is 2.49. The third kappa shape index (κ3) is 3.59. The summed E-state index contributed by atoms with van der Waals surface area (Å²) >= 11 is 5.67. The van der Waals surface area contributed by atoms with E-state index in [1.807, 2.05) is 0 Å². The first-order chi connectivity index (χ1) is 7.15. The van der Waals surface area contributed by atoms with Crippen LogP contribution in [0.1, 0.15) is 6.92 Å². The molecular formula is C8H10ClN3O3. The number of carbonyl (C=O) groups is 1. The third-order valence-electron chi connectivity index (χ3n) is 1.37.